The molecular weight excluding hydrogens is 275 g/mol. The summed E-state index contributed by atoms with van der Waals surface area (Å²) in [5, 5.41) is 4.08. The van der Waals surface area contributed by atoms with Gasteiger partial charge in [-0.1, -0.05) is 37.9 Å². The normalized spacial score (nSPS) is 25.6. The molecule has 2 rings (SSSR count). The van der Waals surface area contributed by atoms with Gasteiger partial charge in [0.25, 0.3) is 0 Å². The van der Waals surface area contributed by atoms with Gasteiger partial charge in [0, 0.05) is 36.7 Å². The maximum atomic E-state index is 13.1. The second-order valence-corrected chi connectivity index (χ2v) is 6.33. The zero-order chi connectivity index (χ0) is 14.7. The van der Waals surface area contributed by atoms with Gasteiger partial charge in [-0.15, -0.1) is 0 Å². The van der Waals surface area contributed by atoms with Gasteiger partial charge in [0.15, 0.2) is 0 Å². The minimum Gasteiger partial charge on any atom is -0.311 e. The summed E-state index contributed by atoms with van der Waals surface area (Å²) in [7, 11) is 0. The summed E-state index contributed by atoms with van der Waals surface area (Å²) in [5.74, 6) is 0.361. The van der Waals surface area contributed by atoms with Gasteiger partial charge in [0.1, 0.15) is 5.82 Å². The molecule has 3 unspecified atom stereocenters. The third-order valence-corrected chi connectivity index (χ3v) is 4.69. The number of piperazine rings is 1. The first-order valence-electron chi connectivity index (χ1n) is 7.42. The van der Waals surface area contributed by atoms with E-state index < -0.39 is 0 Å². The largest absolute Gasteiger partial charge is 0.311 e. The van der Waals surface area contributed by atoms with Crippen LogP contribution in [0.15, 0.2) is 18.2 Å². The van der Waals surface area contributed by atoms with Crippen LogP contribution in [0.5, 0.6) is 0 Å². The summed E-state index contributed by atoms with van der Waals surface area (Å²) in [6.45, 7) is 9.53. The van der Waals surface area contributed by atoms with Crippen LogP contribution in [-0.4, -0.2) is 30.1 Å². The zero-order valence-electron chi connectivity index (χ0n) is 12.5. The zero-order valence-corrected chi connectivity index (χ0v) is 13.3. The molecule has 20 heavy (non-hydrogen) atoms. The lowest BCUT2D eigenvalue weighted by molar-refractivity contribution is 0.0885. The SMILES string of the molecule is CCC(C)C1CNC(C)CN1Cc1ccc(F)cc1Cl. The molecular formula is C16H24ClFN2. The molecule has 0 saturated carbocycles. The molecule has 3 atom stereocenters. The summed E-state index contributed by atoms with van der Waals surface area (Å²) >= 11 is 6.16. The lowest BCUT2D eigenvalue weighted by Gasteiger charge is -2.42. The Labute approximate surface area is 126 Å². The summed E-state index contributed by atoms with van der Waals surface area (Å²) in [6, 6.07) is 5.69. The van der Waals surface area contributed by atoms with E-state index in [0.717, 1.165) is 31.6 Å². The molecule has 1 aliphatic heterocycles. The number of hydrogen-bond acceptors (Lipinski definition) is 2. The maximum absolute atomic E-state index is 13.1. The van der Waals surface area contributed by atoms with Gasteiger partial charge in [-0.2, -0.15) is 0 Å². The summed E-state index contributed by atoms with van der Waals surface area (Å²) in [5.41, 5.74) is 1.01. The minimum absolute atomic E-state index is 0.272. The van der Waals surface area contributed by atoms with E-state index in [0.29, 0.717) is 23.0 Å². The lowest BCUT2D eigenvalue weighted by Crippen LogP contribution is -2.57. The van der Waals surface area contributed by atoms with E-state index in [4.69, 9.17) is 11.6 Å². The van der Waals surface area contributed by atoms with Crippen molar-refractivity contribution < 1.29 is 4.39 Å². The molecule has 1 aromatic rings. The smallest absolute Gasteiger partial charge is 0.124 e. The molecule has 1 fully saturated rings. The van der Waals surface area contributed by atoms with Crippen molar-refractivity contribution in [3.8, 4) is 0 Å². The second-order valence-electron chi connectivity index (χ2n) is 5.93. The fraction of sp³-hybridized carbons (Fsp3) is 0.625. The Bertz CT molecular complexity index is 452. The molecule has 0 bridgehead atoms. The van der Waals surface area contributed by atoms with Crippen LogP contribution in [-0.2, 0) is 6.54 Å². The average molecular weight is 299 g/mol. The van der Waals surface area contributed by atoms with Crippen molar-refractivity contribution >= 4 is 11.6 Å². The molecule has 1 saturated heterocycles. The van der Waals surface area contributed by atoms with Gasteiger partial charge < -0.3 is 5.32 Å². The highest BCUT2D eigenvalue weighted by Crippen LogP contribution is 2.24. The Morgan fingerprint density at radius 3 is 2.90 bits per heavy atom. The Morgan fingerprint density at radius 1 is 1.50 bits per heavy atom. The highest BCUT2D eigenvalue weighted by Gasteiger charge is 2.29. The van der Waals surface area contributed by atoms with Crippen molar-refractivity contribution in [2.24, 2.45) is 5.92 Å². The van der Waals surface area contributed by atoms with Crippen LogP contribution in [0.25, 0.3) is 0 Å². The predicted octanol–water partition coefficient (Wildman–Crippen LogP) is 3.69. The van der Waals surface area contributed by atoms with E-state index in [1.807, 2.05) is 0 Å². The predicted molar refractivity (Wildman–Crippen MR) is 82.5 cm³/mol. The first kappa shape index (κ1) is 15.7. The molecule has 0 aliphatic carbocycles. The quantitative estimate of drug-likeness (QED) is 0.912. The van der Waals surface area contributed by atoms with Crippen molar-refractivity contribution in [1.29, 1.82) is 0 Å². The molecule has 1 aliphatic rings. The summed E-state index contributed by atoms with van der Waals surface area (Å²) in [4.78, 5) is 2.48. The Kier molecular flexibility index (Phi) is 5.42. The molecule has 1 heterocycles. The van der Waals surface area contributed by atoms with Gasteiger partial charge in [-0.3, -0.25) is 4.90 Å². The van der Waals surface area contributed by atoms with Crippen molar-refractivity contribution in [2.45, 2.75) is 45.8 Å². The maximum Gasteiger partial charge on any atom is 0.124 e. The third kappa shape index (κ3) is 3.72. The number of nitrogens with one attached hydrogen (secondary N) is 1. The molecule has 4 heteroatoms. The first-order chi connectivity index (χ1) is 9.51. The van der Waals surface area contributed by atoms with Crippen molar-refractivity contribution in [3.63, 3.8) is 0 Å². The van der Waals surface area contributed by atoms with Crippen molar-refractivity contribution in [2.75, 3.05) is 13.1 Å². The Morgan fingerprint density at radius 2 is 2.25 bits per heavy atom. The number of rotatable bonds is 4. The van der Waals surface area contributed by atoms with Crippen LogP contribution in [0, 0.1) is 11.7 Å². The molecule has 112 valence electrons. The molecule has 0 amide bonds. The molecule has 1 aromatic carbocycles. The van der Waals surface area contributed by atoms with Gasteiger partial charge in [0.05, 0.1) is 0 Å². The van der Waals surface area contributed by atoms with E-state index in [2.05, 4.69) is 31.0 Å². The third-order valence-electron chi connectivity index (χ3n) is 4.34. The molecule has 1 N–H and O–H groups in total. The number of halogens is 2. The first-order valence-corrected chi connectivity index (χ1v) is 7.80. The van der Waals surface area contributed by atoms with Crippen LogP contribution in [0.3, 0.4) is 0 Å². The van der Waals surface area contributed by atoms with E-state index >= 15 is 0 Å². The standard InChI is InChI=1S/C16H24ClFN2/c1-4-11(2)16-8-19-12(3)9-20(16)10-13-5-6-14(18)7-15(13)17/h5-7,11-12,16,19H,4,8-10H2,1-3H3. The summed E-state index contributed by atoms with van der Waals surface area (Å²) in [6.07, 6.45) is 1.16. The van der Waals surface area contributed by atoms with Crippen LogP contribution in [0.4, 0.5) is 4.39 Å². The van der Waals surface area contributed by atoms with E-state index in [-0.39, 0.29) is 5.82 Å². The van der Waals surface area contributed by atoms with E-state index in [1.54, 1.807) is 6.07 Å². The lowest BCUT2D eigenvalue weighted by atomic mass is 9.94. The van der Waals surface area contributed by atoms with Crippen LogP contribution < -0.4 is 5.32 Å². The highest BCUT2D eigenvalue weighted by molar-refractivity contribution is 6.31. The molecule has 2 nitrogen and oxygen atoms in total. The van der Waals surface area contributed by atoms with Gasteiger partial charge in [-0.25, -0.2) is 4.39 Å². The number of nitrogens with zero attached hydrogens (tertiary/aromatic N) is 1. The second kappa shape index (κ2) is 6.88. The molecule has 0 radical (unpaired) electrons. The average Bonchev–Trinajstić information content (AvgIpc) is 2.41. The number of hydrogen-bond donors (Lipinski definition) is 1. The Hall–Kier alpha value is -0.640. The van der Waals surface area contributed by atoms with Crippen molar-refractivity contribution in [1.82, 2.24) is 10.2 Å². The minimum atomic E-state index is -0.272. The fourth-order valence-electron chi connectivity index (χ4n) is 2.89. The molecule has 0 aromatic heterocycles. The fourth-order valence-corrected chi connectivity index (χ4v) is 3.11. The van der Waals surface area contributed by atoms with Gasteiger partial charge in [0.2, 0.25) is 0 Å². The van der Waals surface area contributed by atoms with Crippen LogP contribution in [0.2, 0.25) is 5.02 Å². The van der Waals surface area contributed by atoms with E-state index in [9.17, 15) is 4.39 Å². The van der Waals surface area contributed by atoms with Gasteiger partial charge in [-0.05, 0) is 30.5 Å². The van der Waals surface area contributed by atoms with Crippen molar-refractivity contribution in [3.05, 3.63) is 34.6 Å². The number of benzene rings is 1. The summed E-state index contributed by atoms with van der Waals surface area (Å²) < 4.78 is 13.1. The topological polar surface area (TPSA) is 15.3 Å². The van der Waals surface area contributed by atoms with Crippen LogP contribution in [0.1, 0.15) is 32.8 Å². The van der Waals surface area contributed by atoms with Crippen LogP contribution >= 0.6 is 11.6 Å². The Balaban J connectivity index is 2.14. The monoisotopic (exact) mass is 298 g/mol. The van der Waals surface area contributed by atoms with E-state index in [1.165, 1.54) is 12.1 Å². The molecule has 0 spiro atoms. The van der Waals surface area contributed by atoms with Gasteiger partial charge >= 0.3 is 0 Å². The highest BCUT2D eigenvalue weighted by atomic mass is 35.5.